The summed E-state index contributed by atoms with van der Waals surface area (Å²) in [5, 5.41) is 3.21. The molecule has 0 radical (unpaired) electrons. The van der Waals surface area contributed by atoms with Gasteiger partial charge < -0.3 is 19.5 Å². The molecule has 1 amide bonds. The van der Waals surface area contributed by atoms with E-state index in [0.29, 0.717) is 39.3 Å². The van der Waals surface area contributed by atoms with Crippen LogP contribution in [0.2, 0.25) is 5.02 Å². The van der Waals surface area contributed by atoms with E-state index in [0.717, 1.165) is 0 Å². The van der Waals surface area contributed by atoms with Gasteiger partial charge in [0.2, 0.25) is 0 Å². The number of fused-ring (bicyclic) bond motifs is 1. The first kappa shape index (κ1) is 22.2. The van der Waals surface area contributed by atoms with Gasteiger partial charge in [-0.15, -0.1) is 0 Å². The zero-order valence-electron chi connectivity index (χ0n) is 17.7. The third-order valence-corrected chi connectivity index (χ3v) is 4.83. The third-order valence-electron chi connectivity index (χ3n) is 4.61. The number of benzene rings is 2. The van der Waals surface area contributed by atoms with Crippen molar-refractivity contribution in [2.75, 3.05) is 19.0 Å². The SMILES string of the molecule is COc1ccc(OCC(=O)Nc2cccc(OCc3cc(=O)n4cc(Cl)ccc4n3)c2)cc1. The second kappa shape index (κ2) is 10.1. The lowest BCUT2D eigenvalue weighted by Crippen LogP contribution is -2.20. The molecule has 2 aromatic carbocycles. The maximum absolute atomic E-state index is 12.3. The van der Waals surface area contributed by atoms with E-state index in [9.17, 15) is 9.59 Å². The molecule has 0 atom stereocenters. The number of hydrogen-bond donors (Lipinski definition) is 1. The third kappa shape index (κ3) is 5.81. The molecule has 2 aromatic heterocycles. The quantitative estimate of drug-likeness (QED) is 0.423. The average molecular weight is 466 g/mol. The number of hydrogen-bond acceptors (Lipinski definition) is 6. The minimum Gasteiger partial charge on any atom is -0.497 e. The van der Waals surface area contributed by atoms with E-state index in [2.05, 4.69) is 10.3 Å². The Labute approximate surface area is 194 Å². The predicted octanol–water partition coefficient (Wildman–Crippen LogP) is 3.95. The van der Waals surface area contributed by atoms with Crippen molar-refractivity contribution in [2.45, 2.75) is 6.61 Å². The second-order valence-electron chi connectivity index (χ2n) is 6.99. The lowest BCUT2D eigenvalue weighted by molar-refractivity contribution is -0.118. The molecule has 4 rings (SSSR count). The standard InChI is InChI=1S/C24H20ClN3O5/c1-31-19-6-8-20(9-7-19)33-15-23(29)27-17-3-2-4-21(11-17)32-14-18-12-24(30)28-13-16(25)5-10-22(28)26-18/h2-13H,14-15H2,1H3,(H,27,29). The number of anilines is 1. The van der Waals surface area contributed by atoms with E-state index in [1.807, 2.05) is 0 Å². The van der Waals surface area contributed by atoms with Crippen molar-refractivity contribution in [3.8, 4) is 17.2 Å². The summed E-state index contributed by atoms with van der Waals surface area (Å²) < 4.78 is 17.7. The van der Waals surface area contributed by atoms with Gasteiger partial charge in [0.25, 0.3) is 11.5 Å². The van der Waals surface area contributed by atoms with Crippen molar-refractivity contribution in [1.29, 1.82) is 0 Å². The van der Waals surface area contributed by atoms with Crippen LogP contribution in [0.1, 0.15) is 5.69 Å². The number of ether oxygens (including phenoxy) is 3. The molecular weight excluding hydrogens is 446 g/mol. The summed E-state index contributed by atoms with van der Waals surface area (Å²) in [6.45, 7) is -0.0568. The van der Waals surface area contributed by atoms with E-state index in [4.69, 9.17) is 25.8 Å². The zero-order valence-corrected chi connectivity index (χ0v) is 18.4. The van der Waals surface area contributed by atoms with Crippen LogP contribution in [0.25, 0.3) is 5.65 Å². The summed E-state index contributed by atoms with van der Waals surface area (Å²) >= 11 is 5.93. The van der Waals surface area contributed by atoms with Crippen LogP contribution in [0, 0.1) is 0 Å². The largest absolute Gasteiger partial charge is 0.497 e. The number of methoxy groups -OCH3 is 1. The zero-order chi connectivity index (χ0) is 23.2. The van der Waals surface area contributed by atoms with Crippen LogP contribution in [0.4, 0.5) is 5.69 Å². The number of carbonyl (C=O) groups is 1. The molecule has 2 heterocycles. The van der Waals surface area contributed by atoms with Gasteiger partial charge in [0.05, 0.1) is 17.8 Å². The highest BCUT2D eigenvalue weighted by Crippen LogP contribution is 2.19. The molecular formula is C24H20ClN3O5. The topological polar surface area (TPSA) is 91.2 Å². The summed E-state index contributed by atoms with van der Waals surface area (Å²) in [6.07, 6.45) is 1.52. The Morgan fingerprint density at radius 1 is 1.00 bits per heavy atom. The van der Waals surface area contributed by atoms with Crippen LogP contribution in [0.3, 0.4) is 0 Å². The molecule has 4 aromatic rings. The van der Waals surface area contributed by atoms with Crippen molar-refractivity contribution in [2.24, 2.45) is 0 Å². The highest BCUT2D eigenvalue weighted by molar-refractivity contribution is 6.30. The minimum absolute atomic E-state index is 0.0896. The van der Waals surface area contributed by atoms with E-state index in [1.165, 1.54) is 16.7 Å². The molecule has 8 nitrogen and oxygen atoms in total. The number of nitrogens with zero attached hydrogens (tertiary/aromatic N) is 2. The number of amides is 1. The Balaban J connectivity index is 1.34. The lowest BCUT2D eigenvalue weighted by Gasteiger charge is -2.10. The second-order valence-corrected chi connectivity index (χ2v) is 7.43. The van der Waals surface area contributed by atoms with E-state index in [1.54, 1.807) is 67.8 Å². The fourth-order valence-corrected chi connectivity index (χ4v) is 3.20. The maximum atomic E-state index is 12.3. The highest BCUT2D eigenvalue weighted by Gasteiger charge is 2.07. The van der Waals surface area contributed by atoms with Crippen LogP contribution in [0.5, 0.6) is 17.2 Å². The van der Waals surface area contributed by atoms with Crippen LogP contribution in [-0.2, 0) is 11.4 Å². The van der Waals surface area contributed by atoms with E-state index in [-0.39, 0.29) is 24.7 Å². The van der Waals surface area contributed by atoms with Gasteiger partial charge in [0.1, 0.15) is 29.5 Å². The number of rotatable bonds is 8. The molecule has 33 heavy (non-hydrogen) atoms. The molecule has 0 unspecified atom stereocenters. The molecule has 0 saturated carbocycles. The molecule has 0 spiro atoms. The lowest BCUT2D eigenvalue weighted by atomic mass is 10.3. The number of nitrogens with one attached hydrogen (secondary N) is 1. The average Bonchev–Trinajstić information content (AvgIpc) is 2.82. The Morgan fingerprint density at radius 2 is 1.79 bits per heavy atom. The highest BCUT2D eigenvalue weighted by atomic mass is 35.5. The minimum atomic E-state index is -0.314. The number of pyridine rings is 1. The monoisotopic (exact) mass is 465 g/mol. The van der Waals surface area contributed by atoms with Gasteiger partial charge in [0.15, 0.2) is 6.61 Å². The van der Waals surface area contributed by atoms with Crippen molar-refractivity contribution < 1.29 is 19.0 Å². The van der Waals surface area contributed by atoms with Crippen LogP contribution in [-0.4, -0.2) is 29.0 Å². The Bertz CT molecular complexity index is 1340. The van der Waals surface area contributed by atoms with E-state index < -0.39 is 0 Å². The van der Waals surface area contributed by atoms with Gasteiger partial charge in [-0.1, -0.05) is 17.7 Å². The molecule has 0 aliphatic carbocycles. The molecule has 0 aliphatic rings. The summed E-state index contributed by atoms with van der Waals surface area (Å²) in [5.74, 6) is 1.47. The first-order chi connectivity index (χ1) is 16.0. The maximum Gasteiger partial charge on any atom is 0.262 e. The van der Waals surface area contributed by atoms with E-state index >= 15 is 0 Å². The number of halogens is 1. The molecule has 1 N–H and O–H groups in total. The fraction of sp³-hybridized carbons (Fsp3) is 0.125. The van der Waals surface area contributed by atoms with Gasteiger partial charge in [-0.3, -0.25) is 14.0 Å². The molecule has 0 saturated heterocycles. The van der Waals surface area contributed by atoms with Gasteiger partial charge >= 0.3 is 0 Å². The Hall–Kier alpha value is -4.04. The molecule has 0 fully saturated rings. The molecule has 0 aliphatic heterocycles. The first-order valence-corrected chi connectivity index (χ1v) is 10.4. The van der Waals surface area contributed by atoms with Crippen LogP contribution in [0.15, 0.2) is 77.7 Å². The molecule has 0 bridgehead atoms. The van der Waals surface area contributed by atoms with Gasteiger partial charge in [-0.25, -0.2) is 4.98 Å². The molecule has 9 heteroatoms. The number of carbonyl (C=O) groups excluding carboxylic acids is 1. The van der Waals surface area contributed by atoms with Gasteiger partial charge in [-0.05, 0) is 48.5 Å². The van der Waals surface area contributed by atoms with Crippen molar-refractivity contribution in [3.63, 3.8) is 0 Å². The number of aromatic nitrogens is 2. The van der Waals surface area contributed by atoms with Crippen LogP contribution >= 0.6 is 11.6 Å². The molecule has 168 valence electrons. The Morgan fingerprint density at radius 3 is 2.58 bits per heavy atom. The van der Waals surface area contributed by atoms with Crippen LogP contribution < -0.4 is 25.1 Å². The summed E-state index contributed by atoms with van der Waals surface area (Å²) in [7, 11) is 1.58. The normalized spacial score (nSPS) is 10.6. The first-order valence-electron chi connectivity index (χ1n) is 9.97. The van der Waals surface area contributed by atoms with Crippen molar-refractivity contribution in [3.05, 3.63) is 94.0 Å². The smallest absolute Gasteiger partial charge is 0.262 e. The fourth-order valence-electron chi connectivity index (χ4n) is 3.04. The van der Waals surface area contributed by atoms with Gasteiger partial charge in [0, 0.05) is 24.0 Å². The predicted molar refractivity (Wildman–Crippen MR) is 124 cm³/mol. The Kier molecular flexibility index (Phi) is 6.75. The van der Waals surface area contributed by atoms with Crippen molar-refractivity contribution in [1.82, 2.24) is 9.38 Å². The van der Waals surface area contributed by atoms with Gasteiger partial charge in [-0.2, -0.15) is 0 Å². The summed E-state index contributed by atoms with van der Waals surface area (Å²) in [6, 6.07) is 18.6. The van der Waals surface area contributed by atoms with Crippen molar-refractivity contribution >= 4 is 28.8 Å². The summed E-state index contributed by atoms with van der Waals surface area (Å²) in [5.41, 5.74) is 1.25. The summed E-state index contributed by atoms with van der Waals surface area (Å²) in [4.78, 5) is 28.9.